The molecule has 0 saturated carbocycles. The third-order valence-electron chi connectivity index (χ3n) is 3.45. The predicted octanol–water partition coefficient (Wildman–Crippen LogP) is 2.71. The topological polar surface area (TPSA) is 84.3 Å². The Morgan fingerprint density at radius 3 is 2.57 bits per heavy atom. The number of nitrogens with zero attached hydrogens (tertiary/aromatic N) is 1. The maximum absolute atomic E-state index is 11.8. The molecule has 21 heavy (non-hydrogen) atoms. The van der Waals surface area contributed by atoms with Gasteiger partial charge in [0.1, 0.15) is 0 Å². The number of benzene rings is 1. The molecule has 0 aliphatic carbocycles. The Morgan fingerprint density at radius 1 is 1.24 bits per heavy atom. The summed E-state index contributed by atoms with van der Waals surface area (Å²) in [6, 6.07) is 3.01. The normalized spacial score (nSPS) is 16.7. The lowest BCUT2D eigenvalue weighted by atomic mass is 10.00. The van der Waals surface area contributed by atoms with Gasteiger partial charge >= 0.3 is 5.97 Å². The van der Waals surface area contributed by atoms with Crippen LogP contribution in [0.15, 0.2) is 12.1 Å². The van der Waals surface area contributed by atoms with Crippen molar-refractivity contribution in [2.24, 2.45) is 0 Å². The number of sulfone groups is 1. The molecule has 0 atom stereocenters. The Labute approximate surface area is 130 Å². The van der Waals surface area contributed by atoms with Crippen LogP contribution in [0.4, 0.5) is 0 Å². The molecule has 0 unspecified atom stereocenters. The number of aromatic carboxylic acids is 1. The second-order valence-electron chi connectivity index (χ2n) is 4.81. The molecular weight excluding hydrogens is 337 g/mol. The standard InChI is InChI=1S/C13H9Cl2NO4S/c14-7-1-2-8(15)12-11(7)10(13(17)18)6-5-21(19,20)4-3-9(6)16-12/h1-2H,3-5H2,(H,17,18). The molecule has 1 aliphatic rings. The zero-order chi connectivity index (χ0) is 15.4. The van der Waals surface area contributed by atoms with Gasteiger partial charge in [-0.25, -0.2) is 13.2 Å². The summed E-state index contributed by atoms with van der Waals surface area (Å²) in [7, 11) is -3.32. The maximum Gasteiger partial charge on any atom is 0.336 e. The number of carboxylic acids is 1. The van der Waals surface area contributed by atoms with E-state index in [1.807, 2.05) is 0 Å². The second-order valence-corrected chi connectivity index (χ2v) is 7.81. The molecule has 3 rings (SSSR count). The minimum Gasteiger partial charge on any atom is -0.478 e. The highest BCUT2D eigenvalue weighted by molar-refractivity contribution is 7.90. The first-order valence-corrected chi connectivity index (χ1v) is 8.61. The van der Waals surface area contributed by atoms with Crippen LogP contribution in [-0.2, 0) is 22.0 Å². The van der Waals surface area contributed by atoms with E-state index >= 15 is 0 Å². The lowest BCUT2D eigenvalue weighted by Crippen LogP contribution is -2.23. The lowest BCUT2D eigenvalue weighted by Gasteiger charge is -2.20. The zero-order valence-corrected chi connectivity index (χ0v) is 12.9. The molecule has 0 amide bonds. The van der Waals surface area contributed by atoms with Crippen LogP contribution in [0.1, 0.15) is 21.6 Å². The van der Waals surface area contributed by atoms with E-state index in [0.29, 0.717) is 11.2 Å². The smallest absolute Gasteiger partial charge is 0.336 e. The van der Waals surface area contributed by atoms with Gasteiger partial charge in [0.15, 0.2) is 9.84 Å². The number of pyridine rings is 1. The van der Waals surface area contributed by atoms with Crippen molar-refractivity contribution in [1.82, 2.24) is 4.98 Å². The SMILES string of the molecule is O=C(O)c1c2c(nc3c(Cl)ccc(Cl)c13)CCS(=O)(=O)C2. The summed E-state index contributed by atoms with van der Waals surface area (Å²) in [5, 5.41) is 10.2. The lowest BCUT2D eigenvalue weighted by molar-refractivity contribution is 0.0698. The molecule has 0 fully saturated rings. The molecule has 2 heterocycles. The zero-order valence-electron chi connectivity index (χ0n) is 10.6. The number of carboxylic acid groups (broad SMARTS) is 1. The van der Waals surface area contributed by atoms with Crippen LogP contribution in [0.25, 0.3) is 10.9 Å². The fourth-order valence-electron chi connectivity index (χ4n) is 2.53. The van der Waals surface area contributed by atoms with E-state index in [0.717, 1.165) is 0 Å². The van der Waals surface area contributed by atoms with Gasteiger partial charge in [-0.3, -0.25) is 4.98 Å². The first-order valence-electron chi connectivity index (χ1n) is 6.03. The quantitative estimate of drug-likeness (QED) is 0.858. The minimum atomic E-state index is -3.32. The third kappa shape index (κ3) is 2.37. The fourth-order valence-corrected chi connectivity index (χ4v) is 4.37. The van der Waals surface area contributed by atoms with Crippen LogP contribution in [0.2, 0.25) is 10.0 Å². The van der Waals surface area contributed by atoms with Gasteiger partial charge in [0.05, 0.1) is 32.6 Å². The molecule has 1 aromatic carbocycles. The number of carbonyl (C=O) groups is 1. The van der Waals surface area contributed by atoms with Crippen LogP contribution >= 0.6 is 23.2 Å². The Kier molecular flexibility index (Phi) is 3.35. The van der Waals surface area contributed by atoms with E-state index in [4.69, 9.17) is 23.2 Å². The number of hydrogen-bond acceptors (Lipinski definition) is 4. The largest absolute Gasteiger partial charge is 0.478 e. The Bertz CT molecular complexity index is 893. The average Bonchev–Trinajstić information content (AvgIpc) is 2.40. The Morgan fingerprint density at radius 2 is 1.90 bits per heavy atom. The summed E-state index contributed by atoms with van der Waals surface area (Å²) < 4.78 is 23.6. The minimum absolute atomic E-state index is 0.0459. The molecule has 5 nitrogen and oxygen atoms in total. The summed E-state index contributed by atoms with van der Waals surface area (Å²) in [5.74, 6) is -1.62. The van der Waals surface area contributed by atoms with Crippen LogP contribution in [0.5, 0.6) is 0 Å². The number of hydrogen-bond donors (Lipinski definition) is 1. The van der Waals surface area contributed by atoms with Crippen LogP contribution in [-0.4, -0.2) is 30.2 Å². The highest BCUT2D eigenvalue weighted by Gasteiger charge is 2.30. The van der Waals surface area contributed by atoms with Crippen LogP contribution < -0.4 is 0 Å². The van der Waals surface area contributed by atoms with Crippen molar-refractivity contribution in [3.05, 3.63) is 39.0 Å². The van der Waals surface area contributed by atoms with E-state index in [9.17, 15) is 18.3 Å². The fraction of sp³-hybridized carbons (Fsp3) is 0.231. The summed E-state index contributed by atoms with van der Waals surface area (Å²) in [6.07, 6.45) is 0.177. The molecule has 0 bridgehead atoms. The van der Waals surface area contributed by atoms with Gasteiger partial charge in [0.2, 0.25) is 0 Å². The summed E-state index contributed by atoms with van der Waals surface area (Å²) in [4.78, 5) is 16.0. The molecule has 1 N–H and O–H groups in total. The van der Waals surface area contributed by atoms with Crippen molar-refractivity contribution < 1.29 is 18.3 Å². The van der Waals surface area contributed by atoms with E-state index in [2.05, 4.69) is 4.98 Å². The first kappa shape index (κ1) is 14.6. The number of rotatable bonds is 1. The van der Waals surface area contributed by atoms with Gasteiger partial charge in [0.25, 0.3) is 0 Å². The van der Waals surface area contributed by atoms with Crippen molar-refractivity contribution in [3.63, 3.8) is 0 Å². The van der Waals surface area contributed by atoms with E-state index in [-0.39, 0.29) is 44.5 Å². The van der Waals surface area contributed by atoms with Gasteiger partial charge in [-0.2, -0.15) is 0 Å². The molecular formula is C13H9Cl2NO4S. The Hall–Kier alpha value is -1.37. The number of halogens is 2. The monoisotopic (exact) mass is 345 g/mol. The Balaban J connectivity index is 2.50. The van der Waals surface area contributed by atoms with E-state index in [1.165, 1.54) is 12.1 Å². The highest BCUT2D eigenvalue weighted by atomic mass is 35.5. The van der Waals surface area contributed by atoms with Gasteiger partial charge in [0, 0.05) is 23.1 Å². The summed E-state index contributed by atoms with van der Waals surface area (Å²) in [5.41, 5.74) is 0.842. The molecule has 8 heteroatoms. The third-order valence-corrected chi connectivity index (χ3v) is 5.63. The molecule has 1 aromatic heterocycles. The van der Waals surface area contributed by atoms with Crippen LogP contribution in [0.3, 0.4) is 0 Å². The maximum atomic E-state index is 11.8. The molecule has 0 saturated heterocycles. The number of aromatic nitrogens is 1. The van der Waals surface area contributed by atoms with E-state index in [1.54, 1.807) is 0 Å². The molecule has 1 aliphatic heterocycles. The predicted molar refractivity (Wildman–Crippen MR) is 79.9 cm³/mol. The van der Waals surface area contributed by atoms with Crippen LogP contribution in [0, 0.1) is 0 Å². The number of aryl methyl sites for hydroxylation is 1. The van der Waals surface area contributed by atoms with Crippen molar-refractivity contribution in [2.45, 2.75) is 12.2 Å². The van der Waals surface area contributed by atoms with Gasteiger partial charge < -0.3 is 5.11 Å². The average molecular weight is 346 g/mol. The first-order chi connectivity index (χ1) is 9.80. The van der Waals surface area contributed by atoms with Crippen molar-refractivity contribution >= 4 is 49.9 Å². The van der Waals surface area contributed by atoms with E-state index < -0.39 is 15.8 Å². The van der Waals surface area contributed by atoms with Gasteiger partial charge in [-0.05, 0) is 12.1 Å². The highest BCUT2D eigenvalue weighted by Crippen LogP contribution is 2.36. The molecule has 2 aromatic rings. The molecule has 0 radical (unpaired) electrons. The molecule has 110 valence electrons. The van der Waals surface area contributed by atoms with Crippen molar-refractivity contribution in [2.75, 3.05) is 5.75 Å². The van der Waals surface area contributed by atoms with Gasteiger partial charge in [-0.1, -0.05) is 23.2 Å². The summed E-state index contributed by atoms with van der Waals surface area (Å²) >= 11 is 12.2. The van der Waals surface area contributed by atoms with Crippen molar-refractivity contribution in [1.29, 1.82) is 0 Å². The molecule has 0 spiro atoms. The summed E-state index contributed by atoms with van der Waals surface area (Å²) in [6.45, 7) is 0. The van der Waals surface area contributed by atoms with Gasteiger partial charge in [-0.15, -0.1) is 0 Å². The van der Waals surface area contributed by atoms with Crippen molar-refractivity contribution in [3.8, 4) is 0 Å². The number of fused-ring (bicyclic) bond motifs is 2. The second kappa shape index (κ2) is 4.83.